The van der Waals surface area contributed by atoms with Crippen LogP contribution in [0.3, 0.4) is 0 Å². The smallest absolute Gasteiger partial charge is 0.337 e. The molecule has 0 aliphatic heterocycles. The molecule has 146 valence electrons. The van der Waals surface area contributed by atoms with E-state index in [4.69, 9.17) is 4.74 Å². The average Bonchev–Trinajstić information content (AvgIpc) is 2.69. The van der Waals surface area contributed by atoms with Crippen molar-refractivity contribution >= 4 is 29.2 Å². The van der Waals surface area contributed by atoms with Crippen molar-refractivity contribution < 1.29 is 23.9 Å². The van der Waals surface area contributed by atoms with Gasteiger partial charge in [0.1, 0.15) is 5.75 Å². The van der Waals surface area contributed by atoms with Crippen molar-refractivity contribution in [2.45, 2.75) is 13.8 Å². The number of ether oxygens (including phenoxy) is 2. The highest BCUT2D eigenvalue weighted by Crippen LogP contribution is 2.23. The molecule has 2 aromatic rings. The van der Waals surface area contributed by atoms with E-state index in [1.165, 1.54) is 32.2 Å². The first kappa shape index (κ1) is 20.7. The molecular formula is C21H22N2O5. The van der Waals surface area contributed by atoms with Crippen molar-refractivity contribution in [2.75, 3.05) is 24.4 Å². The Morgan fingerprint density at radius 2 is 1.68 bits per heavy atom. The van der Waals surface area contributed by atoms with Gasteiger partial charge in [0.25, 0.3) is 5.91 Å². The van der Waals surface area contributed by atoms with Gasteiger partial charge in [-0.05, 0) is 50.2 Å². The van der Waals surface area contributed by atoms with Gasteiger partial charge in [0.05, 0.1) is 25.0 Å². The number of anilines is 2. The third-order valence-electron chi connectivity index (χ3n) is 3.71. The third-order valence-corrected chi connectivity index (χ3v) is 3.71. The molecule has 28 heavy (non-hydrogen) atoms. The van der Waals surface area contributed by atoms with Gasteiger partial charge in [0.15, 0.2) is 0 Å². The largest absolute Gasteiger partial charge is 0.492 e. The Balaban J connectivity index is 2.01. The molecule has 2 N–H and O–H groups in total. The molecule has 7 nitrogen and oxygen atoms in total. The summed E-state index contributed by atoms with van der Waals surface area (Å²) in [4.78, 5) is 35.9. The zero-order valence-corrected chi connectivity index (χ0v) is 15.9. The Morgan fingerprint density at radius 3 is 2.32 bits per heavy atom. The molecule has 7 heteroatoms. The van der Waals surface area contributed by atoms with Gasteiger partial charge in [0.2, 0.25) is 5.91 Å². The summed E-state index contributed by atoms with van der Waals surface area (Å²) in [6, 6.07) is 13.3. The van der Waals surface area contributed by atoms with Gasteiger partial charge in [-0.3, -0.25) is 9.59 Å². The van der Waals surface area contributed by atoms with Crippen LogP contribution in [0.1, 0.15) is 24.2 Å². The van der Waals surface area contributed by atoms with Gasteiger partial charge in [-0.15, -0.1) is 0 Å². The van der Waals surface area contributed by atoms with Crippen molar-refractivity contribution in [1.82, 2.24) is 0 Å². The van der Waals surface area contributed by atoms with E-state index in [-0.39, 0.29) is 5.57 Å². The maximum absolute atomic E-state index is 12.3. The molecule has 0 spiro atoms. The molecule has 0 aliphatic rings. The van der Waals surface area contributed by atoms with Crippen molar-refractivity contribution in [3.05, 3.63) is 65.7 Å². The van der Waals surface area contributed by atoms with E-state index < -0.39 is 17.8 Å². The number of rotatable bonds is 7. The second-order valence-electron chi connectivity index (χ2n) is 5.77. The van der Waals surface area contributed by atoms with Gasteiger partial charge in [-0.25, -0.2) is 4.79 Å². The van der Waals surface area contributed by atoms with Crippen LogP contribution in [0.4, 0.5) is 11.4 Å². The fourth-order valence-corrected chi connectivity index (χ4v) is 2.32. The van der Waals surface area contributed by atoms with Crippen LogP contribution in [0.5, 0.6) is 5.75 Å². The standard InChI is InChI=1S/C21H22N2O5/c1-4-28-18-8-6-5-7-17(18)23-19(24)13-14(2)20(25)22-16-11-9-15(10-12-16)21(26)27-3/h5-13H,4H2,1-3H3,(H,22,25)(H,23,24)/b14-13+. The number of amides is 2. The van der Waals surface area contributed by atoms with E-state index in [1.807, 2.05) is 6.92 Å². The van der Waals surface area contributed by atoms with E-state index >= 15 is 0 Å². The fourth-order valence-electron chi connectivity index (χ4n) is 2.32. The highest BCUT2D eigenvalue weighted by Gasteiger charge is 2.10. The second kappa shape index (κ2) is 9.91. The lowest BCUT2D eigenvalue weighted by Gasteiger charge is -2.10. The van der Waals surface area contributed by atoms with Crippen LogP contribution in [-0.2, 0) is 14.3 Å². The zero-order valence-electron chi connectivity index (χ0n) is 15.9. The van der Waals surface area contributed by atoms with Crippen LogP contribution < -0.4 is 15.4 Å². The molecule has 0 radical (unpaired) electrons. The molecule has 2 amide bonds. The van der Waals surface area contributed by atoms with Crippen LogP contribution in [-0.4, -0.2) is 31.5 Å². The van der Waals surface area contributed by atoms with E-state index in [2.05, 4.69) is 15.4 Å². The van der Waals surface area contributed by atoms with Crippen molar-refractivity contribution in [2.24, 2.45) is 0 Å². The number of carbonyl (C=O) groups is 3. The molecular weight excluding hydrogens is 360 g/mol. The highest BCUT2D eigenvalue weighted by atomic mass is 16.5. The Morgan fingerprint density at radius 1 is 1.00 bits per heavy atom. The molecule has 0 bridgehead atoms. The van der Waals surface area contributed by atoms with Crippen LogP contribution in [0.15, 0.2) is 60.2 Å². The summed E-state index contributed by atoms with van der Waals surface area (Å²) in [6.07, 6.45) is 1.21. The quantitative estimate of drug-likeness (QED) is 0.565. The molecule has 0 heterocycles. The number of hydrogen-bond donors (Lipinski definition) is 2. The summed E-state index contributed by atoms with van der Waals surface area (Å²) < 4.78 is 10.1. The van der Waals surface area contributed by atoms with E-state index in [1.54, 1.807) is 36.4 Å². The number of nitrogens with one attached hydrogen (secondary N) is 2. The zero-order chi connectivity index (χ0) is 20.5. The molecule has 0 saturated carbocycles. The minimum absolute atomic E-state index is 0.225. The lowest BCUT2D eigenvalue weighted by atomic mass is 10.2. The summed E-state index contributed by atoms with van der Waals surface area (Å²) in [7, 11) is 1.30. The molecule has 2 aromatic carbocycles. The third kappa shape index (κ3) is 5.70. The Bertz CT molecular complexity index is 888. The maximum Gasteiger partial charge on any atom is 0.337 e. The number of carbonyl (C=O) groups excluding carboxylic acids is 3. The van der Waals surface area contributed by atoms with Gasteiger partial charge in [0, 0.05) is 17.3 Å². The SMILES string of the molecule is CCOc1ccccc1NC(=O)/C=C(\C)C(=O)Nc1ccc(C(=O)OC)cc1. The van der Waals surface area contributed by atoms with E-state index in [0.717, 1.165) is 0 Å². The topological polar surface area (TPSA) is 93.7 Å². The predicted octanol–water partition coefficient (Wildman–Crippen LogP) is 3.40. The lowest BCUT2D eigenvalue weighted by molar-refractivity contribution is -0.114. The Labute approximate surface area is 163 Å². The molecule has 0 aliphatic carbocycles. The first-order valence-electron chi connectivity index (χ1n) is 8.65. The van der Waals surface area contributed by atoms with Crippen LogP contribution >= 0.6 is 0 Å². The molecule has 0 fully saturated rings. The molecule has 0 unspecified atom stereocenters. The second-order valence-corrected chi connectivity index (χ2v) is 5.77. The summed E-state index contributed by atoms with van der Waals surface area (Å²) >= 11 is 0. The Kier molecular flexibility index (Phi) is 7.33. The number of para-hydroxylation sites is 2. The van der Waals surface area contributed by atoms with Crippen LogP contribution in [0, 0.1) is 0 Å². The van der Waals surface area contributed by atoms with Crippen molar-refractivity contribution in [3.63, 3.8) is 0 Å². The Hall–Kier alpha value is -3.61. The number of esters is 1. The maximum atomic E-state index is 12.3. The minimum Gasteiger partial charge on any atom is -0.492 e. The monoisotopic (exact) mass is 382 g/mol. The fraction of sp³-hybridized carbons (Fsp3) is 0.190. The lowest BCUT2D eigenvalue weighted by Crippen LogP contribution is -2.16. The minimum atomic E-state index is -0.460. The number of hydrogen-bond acceptors (Lipinski definition) is 5. The van der Waals surface area contributed by atoms with Crippen molar-refractivity contribution in [1.29, 1.82) is 0 Å². The van der Waals surface area contributed by atoms with Crippen LogP contribution in [0.25, 0.3) is 0 Å². The summed E-state index contributed by atoms with van der Waals surface area (Å²) in [6.45, 7) is 3.86. The van der Waals surface area contributed by atoms with Gasteiger partial charge in [-0.1, -0.05) is 12.1 Å². The van der Waals surface area contributed by atoms with Gasteiger partial charge < -0.3 is 20.1 Å². The predicted molar refractivity (Wildman–Crippen MR) is 106 cm³/mol. The molecule has 0 atom stereocenters. The first-order valence-corrected chi connectivity index (χ1v) is 8.65. The van der Waals surface area contributed by atoms with Gasteiger partial charge >= 0.3 is 5.97 Å². The van der Waals surface area contributed by atoms with Crippen LogP contribution in [0.2, 0.25) is 0 Å². The van der Waals surface area contributed by atoms with Gasteiger partial charge in [-0.2, -0.15) is 0 Å². The normalized spacial score (nSPS) is 10.8. The van der Waals surface area contributed by atoms with E-state index in [9.17, 15) is 14.4 Å². The van der Waals surface area contributed by atoms with E-state index in [0.29, 0.717) is 29.3 Å². The molecule has 0 aromatic heterocycles. The molecule has 2 rings (SSSR count). The average molecular weight is 382 g/mol. The first-order chi connectivity index (χ1) is 13.4. The highest BCUT2D eigenvalue weighted by molar-refractivity contribution is 6.10. The summed E-state index contributed by atoms with van der Waals surface area (Å²) in [5, 5.41) is 5.36. The summed E-state index contributed by atoms with van der Waals surface area (Å²) in [5.74, 6) is -0.780. The number of methoxy groups -OCH3 is 1. The molecule has 0 saturated heterocycles. The van der Waals surface area contributed by atoms with Crippen molar-refractivity contribution in [3.8, 4) is 5.75 Å². The summed E-state index contributed by atoms with van der Waals surface area (Å²) in [5.41, 5.74) is 1.62. The number of benzene rings is 2.